The molecule has 0 saturated carbocycles. The molecule has 1 atom stereocenters. The van der Waals surface area contributed by atoms with E-state index >= 15 is 0 Å². The third-order valence-electron chi connectivity index (χ3n) is 3.21. The van der Waals surface area contributed by atoms with Crippen LogP contribution in [0.2, 0.25) is 0 Å². The molecule has 3 rings (SSSR count). The number of furan rings is 1. The molecule has 0 aliphatic carbocycles. The molecule has 21 heavy (non-hydrogen) atoms. The van der Waals surface area contributed by atoms with Crippen LogP contribution in [0.4, 0.5) is 8.78 Å². The van der Waals surface area contributed by atoms with E-state index in [1.807, 2.05) is 18.2 Å². The Morgan fingerprint density at radius 3 is 2.52 bits per heavy atom. The molecule has 0 aliphatic heterocycles. The van der Waals surface area contributed by atoms with Gasteiger partial charge in [-0.25, -0.2) is 8.78 Å². The molecule has 0 amide bonds. The second-order valence-corrected chi connectivity index (χ2v) is 6.25. The van der Waals surface area contributed by atoms with Crippen molar-refractivity contribution in [2.24, 2.45) is 5.73 Å². The van der Waals surface area contributed by atoms with E-state index in [0.29, 0.717) is 11.3 Å². The minimum Gasteiger partial charge on any atom is -0.458 e. The van der Waals surface area contributed by atoms with Gasteiger partial charge in [0.1, 0.15) is 23.0 Å². The summed E-state index contributed by atoms with van der Waals surface area (Å²) in [5, 5.41) is 0.811. The molecule has 108 valence electrons. The predicted octanol–water partition coefficient (Wildman–Crippen LogP) is 5.28. The number of fused-ring (bicyclic) bond motifs is 1. The Kier molecular flexibility index (Phi) is 3.86. The van der Waals surface area contributed by atoms with Gasteiger partial charge in [-0.1, -0.05) is 12.1 Å². The van der Waals surface area contributed by atoms with E-state index < -0.39 is 17.7 Å². The maximum Gasteiger partial charge on any atom is 0.148 e. The molecule has 1 unspecified atom stereocenters. The maximum atomic E-state index is 14.1. The van der Waals surface area contributed by atoms with Gasteiger partial charge < -0.3 is 10.2 Å². The minimum absolute atomic E-state index is 0.159. The number of hydrogen-bond acceptors (Lipinski definition) is 2. The van der Waals surface area contributed by atoms with Crippen LogP contribution < -0.4 is 5.73 Å². The maximum absolute atomic E-state index is 14.1. The molecule has 0 spiro atoms. The van der Waals surface area contributed by atoms with Gasteiger partial charge in [-0.05, 0) is 56.1 Å². The molecule has 6 heteroatoms. The van der Waals surface area contributed by atoms with Crippen molar-refractivity contribution in [2.45, 2.75) is 6.04 Å². The van der Waals surface area contributed by atoms with E-state index in [1.54, 1.807) is 6.07 Å². The van der Waals surface area contributed by atoms with Crippen LogP contribution in [-0.4, -0.2) is 0 Å². The molecular formula is C15H9Br2F2NO. The van der Waals surface area contributed by atoms with Gasteiger partial charge in [0.25, 0.3) is 0 Å². The Morgan fingerprint density at radius 1 is 1.05 bits per heavy atom. The van der Waals surface area contributed by atoms with Crippen molar-refractivity contribution < 1.29 is 13.2 Å². The SMILES string of the molecule is NC(c1cc2cccc(Br)c2o1)c1c(F)ccc(Br)c1F. The van der Waals surface area contributed by atoms with Crippen molar-refractivity contribution in [3.8, 4) is 0 Å². The predicted molar refractivity (Wildman–Crippen MR) is 84.0 cm³/mol. The highest BCUT2D eigenvalue weighted by molar-refractivity contribution is 9.11. The lowest BCUT2D eigenvalue weighted by molar-refractivity contribution is 0.485. The van der Waals surface area contributed by atoms with Crippen molar-refractivity contribution in [3.63, 3.8) is 0 Å². The van der Waals surface area contributed by atoms with Crippen molar-refractivity contribution >= 4 is 42.8 Å². The fraction of sp³-hybridized carbons (Fsp3) is 0.0667. The molecular weight excluding hydrogens is 408 g/mol. The zero-order valence-electron chi connectivity index (χ0n) is 10.5. The third kappa shape index (κ3) is 2.52. The van der Waals surface area contributed by atoms with Gasteiger partial charge in [0, 0.05) is 10.9 Å². The molecule has 0 bridgehead atoms. The van der Waals surface area contributed by atoms with E-state index in [-0.39, 0.29) is 10.0 Å². The number of nitrogens with two attached hydrogens (primary N) is 1. The van der Waals surface area contributed by atoms with Crippen molar-refractivity contribution in [3.05, 3.63) is 68.3 Å². The summed E-state index contributed by atoms with van der Waals surface area (Å²) in [5.41, 5.74) is 6.36. The third-order valence-corrected chi connectivity index (χ3v) is 4.45. The molecule has 0 aliphatic rings. The molecule has 0 fully saturated rings. The number of para-hydroxylation sites is 1. The molecule has 1 heterocycles. The molecule has 2 nitrogen and oxygen atoms in total. The zero-order chi connectivity index (χ0) is 15.1. The van der Waals surface area contributed by atoms with Crippen molar-refractivity contribution in [2.75, 3.05) is 0 Å². The molecule has 0 saturated heterocycles. The van der Waals surface area contributed by atoms with Crippen LogP contribution in [0.3, 0.4) is 0 Å². The van der Waals surface area contributed by atoms with Crippen molar-refractivity contribution in [1.82, 2.24) is 0 Å². The van der Waals surface area contributed by atoms with Crippen LogP contribution in [0.5, 0.6) is 0 Å². The lowest BCUT2D eigenvalue weighted by Gasteiger charge is -2.12. The van der Waals surface area contributed by atoms with Gasteiger partial charge in [-0.2, -0.15) is 0 Å². The Balaban J connectivity index is 2.15. The number of benzene rings is 2. The minimum atomic E-state index is -1.03. The van der Waals surface area contributed by atoms with Gasteiger partial charge in [-0.3, -0.25) is 0 Å². The van der Waals surface area contributed by atoms with Crippen LogP contribution >= 0.6 is 31.9 Å². The molecule has 2 aromatic carbocycles. The number of halogens is 4. The van der Waals surface area contributed by atoms with Gasteiger partial charge >= 0.3 is 0 Å². The molecule has 3 aromatic rings. The summed E-state index contributed by atoms with van der Waals surface area (Å²) < 4.78 is 34.6. The highest BCUT2D eigenvalue weighted by Gasteiger charge is 2.23. The molecule has 1 aromatic heterocycles. The summed E-state index contributed by atoms with van der Waals surface area (Å²) >= 11 is 6.40. The van der Waals surface area contributed by atoms with Gasteiger partial charge in [0.2, 0.25) is 0 Å². The van der Waals surface area contributed by atoms with Gasteiger partial charge in [0.05, 0.1) is 15.0 Å². The first kappa shape index (κ1) is 14.7. The van der Waals surface area contributed by atoms with E-state index in [1.165, 1.54) is 12.1 Å². The summed E-state index contributed by atoms with van der Waals surface area (Å²) in [6, 6.07) is 8.63. The Hall–Kier alpha value is -1.24. The molecule has 0 radical (unpaired) electrons. The smallest absolute Gasteiger partial charge is 0.148 e. The van der Waals surface area contributed by atoms with Gasteiger partial charge in [-0.15, -0.1) is 0 Å². The second kappa shape index (κ2) is 5.51. The standard InChI is InChI=1S/C15H9Br2F2NO/c16-8-4-5-10(18)12(13(8)19)14(20)11-6-7-2-1-3-9(17)15(7)21-11/h1-6,14H,20H2. The summed E-state index contributed by atoms with van der Waals surface area (Å²) in [7, 11) is 0. The summed E-state index contributed by atoms with van der Waals surface area (Å²) in [4.78, 5) is 0. The van der Waals surface area contributed by atoms with Crippen LogP contribution in [-0.2, 0) is 0 Å². The highest BCUT2D eigenvalue weighted by atomic mass is 79.9. The largest absolute Gasteiger partial charge is 0.458 e. The Morgan fingerprint density at radius 2 is 1.81 bits per heavy atom. The van der Waals surface area contributed by atoms with Crippen molar-refractivity contribution in [1.29, 1.82) is 0 Å². The second-order valence-electron chi connectivity index (χ2n) is 4.54. The first-order valence-corrected chi connectivity index (χ1v) is 7.64. The zero-order valence-corrected chi connectivity index (χ0v) is 13.7. The van der Waals surface area contributed by atoms with E-state index in [4.69, 9.17) is 10.2 Å². The average molecular weight is 417 g/mol. The fourth-order valence-electron chi connectivity index (χ4n) is 2.17. The Labute approximate surface area is 136 Å². The Bertz CT molecular complexity index is 832. The quantitative estimate of drug-likeness (QED) is 0.577. The highest BCUT2D eigenvalue weighted by Crippen LogP contribution is 2.34. The summed E-state index contributed by atoms with van der Waals surface area (Å²) in [6.45, 7) is 0. The average Bonchev–Trinajstić information content (AvgIpc) is 2.89. The summed E-state index contributed by atoms with van der Waals surface area (Å²) in [6.07, 6.45) is 0. The monoisotopic (exact) mass is 415 g/mol. The van der Waals surface area contributed by atoms with Crippen LogP contribution in [0.1, 0.15) is 17.4 Å². The first-order chi connectivity index (χ1) is 9.99. The lowest BCUT2D eigenvalue weighted by atomic mass is 10.0. The topological polar surface area (TPSA) is 39.2 Å². The van der Waals surface area contributed by atoms with E-state index in [2.05, 4.69) is 31.9 Å². The van der Waals surface area contributed by atoms with Gasteiger partial charge in [0.15, 0.2) is 0 Å². The van der Waals surface area contributed by atoms with Crippen LogP contribution in [0, 0.1) is 11.6 Å². The lowest BCUT2D eigenvalue weighted by Crippen LogP contribution is -2.15. The number of rotatable bonds is 2. The van der Waals surface area contributed by atoms with Crippen LogP contribution in [0.15, 0.2) is 49.8 Å². The fourth-order valence-corrected chi connectivity index (χ4v) is 2.98. The summed E-state index contributed by atoms with van der Waals surface area (Å²) in [5.74, 6) is -1.13. The van der Waals surface area contributed by atoms with E-state index in [0.717, 1.165) is 9.86 Å². The van der Waals surface area contributed by atoms with Crippen LogP contribution in [0.25, 0.3) is 11.0 Å². The van der Waals surface area contributed by atoms with E-state index in [9.17, 15) is 8.78 Å². The molecule has 2 N–H and O–H groups in total. The number of hydrogen-bond donors (Lipinski definition) is 1. The normalized spacial score (nSPS) is 12.8. The first-order valence-electron chi connectivity index (χ1n) is 6.06.